The van der Waals surface area contributed by atoms with Crippen LogP contribution in [0.5, 0.6) is 5.75 Å². The molecule has 162 valence electrons. The van der Waals surface area contributed by atoms with E-state index in [1.165, 1.54) is 5.56 Å². The number of piperazine rings is 1. The highest BCUT2D eigenvalue weighted by molar-refractivity contribution is 7.99. The van der Waals surface area contributed by atoms with E-state index in [9.17, 15) is 4.79 Å². The molecule has 1 aliphatic heterocycles. The highest BCUT2D eigenvalue weighted by atomic mass is 32.2. The Morgan fingerprint density at radius 1 is 1.03 bits per heavy atom. The van der Waals surface area contributed by atoms with Crippen molar-refractivity contribution in [2.24, 2.45) is 7.05 Å². The van der Waals surface area contributed by atoms with Gasteiger partial charge in [0.1, 0.15) is 5.75 Å². The number of nitrogens with zero attached hydrogens (tertiary/aromatic N) is 5. The first-order valence-corrected chi connectivity index (χ1v) is 11.4. The molecule has 1 aliphatic rings. The van der Waals surface area contributed by atoms with Gasteiger partial charge < -0.3 is 14.2 Å². The van der Waals surface area contributed by atoms with Gasteiger partial charge in [-0.2, -0.15) is 0 Å². The molecule has 1 amide bonds. The van der Waals surface area contributed by atoms with E-state index in [1.54, 1.807) is 16.7 Å². The van der Waals surface area contributed by atoms with Crippen LogP contribution in [0.3, 0.4) is 0 Å². The number of thioether (sulfide) groups is 1. The van der Waals surface area contributed by atoms with Crippen LogP contribution in [0.2, 0.25) is 0 Å². The van der Waals surface area contributed by atoms with Crippen LogP contribution in [-0.4, -0.2) is 62.4 Å². The minimum absolute atomic E-state index is 0.282. The van der Waals surface area contributed by atoms with Crippen LogP contribution in [0.15, 0.2) is 66.2 Å². The van der Waals surface area contributed by atoms with Crippen molar-refractivity contribution in [1.82, 2.24) is 24.3 Å². The third kappa shape index (κ3) is 6.08. The number of pyridine rings is 1. The van der Waals surface area contributed by atoms with E-state index in [0.29, 0.717) is 18.8 Å². The molecule has 3 aromatic rings. The summed E-state index contributed by atoms with van der Waals surface area (Å²) >= 11 is 1.73. The van der Waals surface area contributed by atoms with E-state index in [2.05, 4.69) is 14.9 Å². The SMILES string of the molecule is Cn1ccnc1SCCc1ccc(OC(=O)N2CCN(Cc3ccccn3)CC2)cc1. The zero-order chi connectivity index (χ0) is 21.5. The number of amides is 1. The van der Waals surface area contributed by atoms with Gasteiger partial charge in [-0.3, -0.25) is 9.88 Å². The Morgan fingerprint density at radius 2 is 1.84 bits per heavy atom. The van der Waals surface area contributed by atoms with Gasteiger partial charge in [0.05, 0.1) is 5.69 Å². The molecule has 31 heavy (non-hydrogen) atoms. The van der Waals surface area contributed by atoms with Crippen LogP contribution in [0.1, 0.15) is 11.3 Å². The number of hydrogen-bond acceptors (Lipinski definition) is 6. The normalized spacial score (nSPS) is 14.5. The smallest absolute Gasteiger partial charge is 0.410 e. The number of ether oxygens (including phenoxy) is 1. The predicted octanol–water partition coefficient (Wildman–Crippen LogP) is 3.47. The first kappa shape index (κ1) is 21.4. The Morgan fingerprint density at radius 3 is 2.52 bits per heavy atom. The summed E-state index contributed by atoms with van der Waals surface area (Å²) in [6, 6.07) is 13.7. The molecule has 0 radical (unpaired) electrons. The van der Waals surface area contributed by atoms with Gasteiger partial charge in [0.25, 0.3) is 0 Å². The van der Waals surface area contributed by atoms with Crippen LogP contribution in [0.25, 0.3) is 0 Å². The first-order chi connectivity index (χ1) is 15.2. The van der Waals surface area contributed by atoms with Crippen LogP contribution < -0.4 is 4.74 Å². The van der Waals surface area contributed by atoms with E-state index in [4.69, 9.17) is 4.74 Å². The van der Waals surface area contributed by atoms with Gasteiger partial charge in [0.2, 0.25) is 0 Å². The van der Waals surface area contributed by atoms with Crippen molar-refractivity contribution in [3.63, 3.8) is 0 Å². The fraction of sp³-hybridized carbons (Fsp3) is 0.348. The van der Waals surface area contributed by atoms with E-state index in [0.717, 1.165) is 42.7 Å². The van der Waals surface area contributed by atoms with E-state index < -0.39 is 0 Å². The molecule has 4 rings (SSSR count). The minimum Gasteiger partial charge on any atom is -0.410 e. The zero-order valence-electron chi connectivity index (χ0n) is 17.7. The summed E-state index contributed by atoms with van der Waals surface area (Å²) in [5, 5.41) is 1.02. The van der Waals surface area contributed by atoms with Gasteiger partial charge in [0.15, 0.2) is 5.16 Å². The van der Waals surface area contributed by atoms with Gasteiger partial charge in [-0.15, -0.1) is 0 Å². The molecule has 1 aromatic carbocycles. The summed E-state index contributed by atoms with van der Waals surface area (Å²) in [4.78, 5) is 25.3. The third-order valence-electron chi connectivity index (χ3n) is 5.27. The first-order valence-electron chi connectivity index (χ1n) is 10.5. The van der Waals surface area contributed by atoms with E-state index >= 15 is 0 Å². The molecule has 0 atom stereocenters. The predicted molar refractivity (Wildman–Crippen MR) is 121 cm³/mol. The topological polar surface area (TPSA) is 63.5 Å². The molecule has 0 unspecified atom stereocenters. The molecule has 0 bridgehead atoms. The van der Waals surface area contributed by atoms with Crippen LogP contribution >= 0.6 is 11.8 Å². The molecule has 3 heterocycles. The fourth-order valence-electron chi connectivity index (χ4n) is 3.45. The molecule has 7 nitrogen and oxygen atoms in total. The lowest BCUT2D eigenvalue weighted by Crippen LogP contribution is -2.49. The Bertz CT molecular complexity index is 969. The zero-order valence-corrected chi connectivity index (χ0v) is 18.5. The molecule has 2 aromatic heterocycles. The number of aromatic nitrogens is 3. The molecular weight excluding hydrogens is 410 g/mol. The summed E-state index contributed by atoms with van der Waals surface area (Å²) in [7, 11) is 2.00. The standard InChI is InChI=1S/C23H27N5O2S/c1-26-12-11-25-22(26)31-17-9-19-5-7-21(8-6-19)30-23(29)28-15-13-27(14-16-28)18-20-4-2-3-10-24-20/h2-8,10-12H,9,13-18H2,1H3. The third-order valence-corrected chi connectivity index (χ3v) is 6.33. The summed E-state index contributed by atoms with van der Waals surface area (Å²) in [6.07, 6.45) is 6.23. The second kappa shape index (κ2) is 10.5. The molecular formula is C23H27N5O2S. The number of rotatable bonds is 7. The number of imidazole rings is 1. The van der Waals surface area contributed by atoms with Gasteiger partial charge in [-0.05, 0) is 36.2 Å². The molecule has 1 fully saturated rings. The second-order valence-corrected chi connectivity index (χ2v) is 8.58. The minimum atomic E-state index is -0.282. The van der Waals surface area contributed by atoms with Gasteiger partial charge >= 0.3 is 6.09 Å². The van der Waals surface area contributed by atoms with Crippen LogP contribution in [0.4, 0.5) is 4.79 Å². The maximum atomic E-state index is 12.5. The molecule has 0 saturated carbocycles. The van der Waals surface area contributed by atoms with Crippen LogP contribution in [-0.2, 0) is 20.0 Å². The van der Waals surface area contributed by atoms with Crippen molar-refractivity contribution in [3.05, 3.63) is 72.3 Å². The largest absolute Gasteiger partial charge is 0.415 e. The van der Waals surface area contributed by atoms with Crippen molar-refractivity contribution in [3.8, 4) is 5.75 Å². The average Bonchev–Trinajstić information content (AvgIpc) is 3.21. The number of carbonyl (C=O) groups excluding carboxylic acids is 1. The molecule has 1 saturated heterocycles. The van der Waals surface area contributed by atoms with Crippen molar-refractivity contribution in [2.75, 3.05) is 31.9 Å². The van der Waals surface area contributed by atoms with E-state index in [1.807, 2.05) is 72.7 Å². The number of hydrogen-bond donors (Lipinski definition) is 0. The van der Waals surface area contributed by atoms with Crippen molar-refractivity contribution < 1.29 is 9.53 Å². The van der Waals surface area contributed by atoms with Gasteiger partial charge in [0, 0.05) is 64.1 Å². The summed E-state index contributed by atoms with van der Waals surface area (Å²) in [5.74, 6) is 1.54. The Balaban J connectivity index is 1.19. The number of aryl methyl sites for hydroxylation is 2. The van der Waals surface area contributed by atoms with Crippen molar-refractivity contribution in [1.29, 1.82) is 0 Å². The summed E-state index contributed by atoms with van der Waals surface area (Å²) in [6.45, 7) is 3.77. The Labute approximate surface area is 187 Å². The maximum absolute atomic E-state index is 12.5. The van der Waals surface area contributed by atoms with Gasteiger partial charge in [-0.25, -0.2) is 9.78 Å². The molecule has 0 spiro atoms. The fourth-order valence-corrected chi connectivity index (χ4v) is 4.37. The van der Waals surface area contributed by atoms with Gasteiger partial charge in [-0.1, -0.05) is 30.0 Å². The highest BCUT2D eigenvalue weighted by Crippen LogP contribution is 2.19. The molecule has 0 aliphatic carbocycles. The summed E-state index contributed by atoms with van der Waals surface area (Å²) in [5.41, 5.74) is 2.27. The van der Waals surface area contributed by atoms with Crippen LogP contribution in [0, 0.1) is 0 Å². The lowest BCUT2D eigenvalue weighted by molar-refractivity contribution is 0.107. The molecule has 8 heteroatoms. The summed E-state index contributed by atoms with van der Waals surface area (Å²) < 4.78 is 7.60. The average molecular weight is 438 g/mol. The van der Waals surface area contributed by atoms with Crippen molar-refractivity contribution in [2.45, 2.75) is 18.1 Å². The van der Waals surface area contributed by atoms with Crippen molar-refractivity contribution >= 4 is 17.9 Å². The number of carbonyl (C=O) groups is 1. The monoisotopic (exact) mass is 437 g/mol. The lowest BCUT2D eigenvalue weighted by Gasteiger charge is -2.33. The number of benzene rings is 1. The molecule has 0 N–H and O–H groups in total. The maximum Gasteiger partial charge on any atom is 0.415 e. The second-order valence-electron chi connectivity index (χ2n) is 7.52. The van der Waals surface area contributed by atoms with E-state index in [-0.39, 0.29) is 6.09 Å². The Kier molecular flexibility index (Phi) is 7.22. The Hall–Kier alpha value is -2.84. The quantitative estimate of drug-likeness (QED) is 0.528. The lowest BCUT2D eigenvalue weighted by atomic mass is 10.2. The highest BCUT2D eigenvalue weighted by Gasteiger charge is 2.22.